The minimum atomic E-state index is -0.814. The van der Waals surface area contributed by atoms with Crippen molar-refractivity contribution in [1.82, 2.24) is 0 Å². The maximum Gasteiger partial charge on any atom is 0.335 e. The number of rotatable bonds is 7. The molecule has 0 saturated heterocycles. The normalized spacial score (nSPS) is 17.8. The van der Waals surface area contributed by atoms with E-state index in [1.54, 1.807) is 6.07 Å². The van der Waals surface area contributed by atoms with E-state index >= 15 is 0 Å². The van der Waals surface area contributed by atoms with Crippen LogP contribution < -0.4 is 0 Å². The first-order valence-corrected chi connectivity index (χ1v) is 8.05. The quantitative estimate of drug-likeness (QED) is 0.722. The van der Waals surface area contributed by atoms with Crippen molar-refractivity contribution in [3.63, 3.8) is 0 Å². The van der Waals surface area contributed by atoms with Gasteiger partial charge in [-0.05, 0) is 48.4 Å². The summed E-state index contributed by atoms with van der Waals surface area (Å²) in [5.74, 6) is -0.00866. The fourth-order valence-corrected chi connectivity index (χ4v) is 3.25. The minimum Gasteiger partial charge on any atom is -0.478 e. The molecule has 0 aliphatic heterocycles. The van der Waals surface area contributed by atoms with Gasteiger partial charge in [0.05, 0.1) is 5.56 Å². The lowest BCUT2D eigenvalue weighted by atomic mass is 9.81. The van der Waals surface area contributed by atoms with Crippen LogP contribution in [0.3, 0.4) is 0 Å². The number of aryl methyl sites for hydroxylation is 1. The molecule has 0 heterocycles. The van der Waals surface area contributed by atoms with E-state index < -0.39 is 5.97 Å². The summed E-state index contributed by atoms with van der Waals surface area (Å²) in [5.41, 5.74) is 3.06. The summed E-state index contributed by atoms with van der Waals surface area (Å²) >= 11 is 0. The smallest absolute Gasteiger partial charge is 0.335 e. The summed E-state index contributed by atoms with van der Waals surface area (Å²) in [6, 6.07) is 5.65. The molecule has 0 saturated carbocycles. The number of carboxylic acid groups (broad SMARTS) is 1. The molecule has 2 rings (SSSR count). The van der Waals surface area contributed by atoms with Crippen molar-refractivity contribution in [1.29, 1.82) is 0 Å². The van der Waals surface area contributed by atoms with Crippen LogP contribution in [0, 0.1) is 5.92 Å². The largest absolute Gasteiger partial charge is 0.478 e. The second kappa shape index (κ2) is 7.47. The first kappa shape index (κ1) is 15.1. The summed E-state index contributed by atoms with van der Waals surface area (Å²) in [4.78, 5) is 11.0. The summed E-state index contributed by atoms with van der Waals surface area (Å²) < 4.78 is 0. The number of unbranched alkanes of at least 4 members (excludes halogenated alkanes) is 4. The Kier molecular flexibility index (Phi) is 5.63. The maximum absolute atomic E-state index is 11.0. The number of carboxylic acids is 1. The molecule has 1 aliphatic rings. The van der Waals surface area contributed by atoms with Crippen LogP contribution in [0.5, 0.6) is 0 Å². The third-order valence-electron chi connectivity index (χ3n) is 4.50. The Balaban J connectivity index is 1.83. The van der Waals surface area contributed by atoms with Crippen molar-refractivity contribution in [2.75, 3.05) is 0 Å². The van der Waals surface area contributed by atoms with E-state index in [-0.39, 0.29) is 0 Å². The van der Waals surface area contributed by atoms with E-state index in [4.69, 9.17) is 5.11 Å². The molecule has 0 fully saturated rings. The highest BCUT2D eigenvalue weighted by Gasteiger charge is 2.19. The van der Waals surface area contributed by atoms with Crippen molar-refractivity contribution < 1.29 is 9.90 Å². The fourth-order valence-electron chi connectivity index (χ4n) is 3.25. The zero-order valence-electron chi connectivity index (χ0n) is 12.5. The molecule has 0 radical (unpaired) electrons. The monoisotopic (exact) mass is 274 g/mol. The van der Waals surface area contributed by atoms with Crippen LogP contribution in [-0.2, 0) is 12.8 Å². The summed E-state index contributed by atoms with van der Waals surface area (Å²) in [5, 5.41) is 9.03. The SMILES string of the molecule is CCCCCCCC1CCc2cc(C(=O)O)ccc2C1. The Morgan fingerprint density at radius 1 is 1.20 bits per heavy atom. The third kappa shape index (κ3) is 4.09. The van der Waals surface area contributed by atoms with Gasteiger partial charge in [-0.3, -0.25) is 0 Å². The van der Waals surface area contributed by atoms with Crippen LogP contribution in [0.15, 0.2) is 18.2 Å². The van der Waals surface area contributed by atoms with E-state index in [2.05, 4.69) is 6.92 Å². The molecule has 110 valence electrons. The van der Waals surface area contributed by atoms with Gasteiger partial charge in [0.2, 0.25) is 0 Å². The molecular weight excluding hydrogens is 248 g/mol. The second-order valence-corrected chi connectivity index (χ2v) is 6.10. The predicted octanol–water partition coefficient (Wildman–Crippen LogP) is 4.85. The Labute approximate surface area is 122 Å². The van der Waals surface area contributed by atoms with Crippen LogP contribution in [0.25, 0.3) is 0 Å². The molecular formula is C18H26O2. The minimum absolute atomic E-state index is 0.432. The molecule has 1 unspecified atom stereocenters. The van der Waals surface area contributed by atoms with Crippen LogP contribution >= 0.6 is 0 Å². The third-order valence-corrected chi connectivity index (χ3v) is 4.50. The maximum atomic E-state index is 11.0. The van der Waals surface area contributed by atoms with Crippen LogP contribution in [0.4, 0.5) is 0 Å². The van der Waals surface area contributed by atoms with Crippen molar-refractivity contribution in [3.05, 3.63) is 34.9 Å². The molecule has 2 nitrogen and oxygen atoms in total. The van der Waals surface area contributed by atoms with Gasteiger partial charge in [0.1, 0.15) is 0 Å². The Bertz CT molecular complexity index is 451. The number of aromatic carboxylic acids is 1. The van der Waals surface area contributed by atoms with E-state index in [1.165, 1.54) is 56.1 Å². The molecule has 1 N–H and O–H groups in total. The standard InChI is InChI=1S/C18H26O2/c1-2-3-4-5-6-7-14-8-9-16-13-17(18(19)20)11-10-15(16)12-14/h10-11,13-14H,2-9,12H2,1H3,(H,19,20). The average molecular weight is 274 g/mol. The van der Waals surface area contributed by atoms with Gasteiger partial charge in [0, 0.05) is 0 Å². The zero-order chi connectivity index (χ0) is 14.4. The molecule has 20 heavy (non-hydrogen) atoms. The number of hydrogen-bond donors (Lipinski definition) is 1. The van der Waals surface area contributed by atoms with Gasteiger partial charge in [-0.15, -0.1) is 0 Å². The Hall–Kier alpha value is -1.31. The van der Waals surface area contributed by atoms with Gasteiger partial charge in [-0.2, -0.15) is 0 Å². The summed E-state index contributed by atoms with van der Waals surface area (Å²) in [6.07, 6.45) is 11.5. The van der Waals surface area contributed by atoms with Crippen molar-refractivity contribution in [2.24, 2.45) is 5.92 Å². The van der Waals surface area contributed by atoms with Crippen molar-refractivity contribution in [3.8, 4) is 0 Å². The van der Waals surface area contributed by atoms with Crippen LogP contribution in [-0.4, -0.2) is 11.1 Å². The van der Waals surface area contributed by atoms with E-state index in [0.29, 0.717) is 5.56 Å². The van der Waals surface area contributed by atoms with Gasteiger partial charge in [0.15, 0.2) is 0 Å². The van der Waals surface area contributed by atoms with Gasteiger partial charge in [0.25, 0.3) is 0 Å². The average Bonchev–Trinajstić information content (AvgIpc) is 2.46. The van der Waals surface area contributed by atoms with Crippen LogP contribution in [0.2, 0.25) is 0 Å². The van der Waals surface area contributed by atoms with E-state index in [1.807, 2.05) is 12.1 Å². The van der Waals surface area contributed by atoms with E-state index in [9.17, 15) is 4.79 Å². The molecule has 0 amide bonds. The lowest BCUT2D eigenvalue weighted by molar-refractivity contribution is 0.0696. The van der Waals surface area contributed by atoms with Crippen molar-refractivity contribution in [2.45, 2.75) is 64.7 Å². The topological polar surface area (TPSA) is 37.3 Å². The number of fused-ring (bicyclic) bond motifs is 1. The van der Waals surface area contributed by atoms with Gasteiger partial charge >= 0.3 is 5.97 Å². The highest BCUT2D eigenvalue weighted by molar-refractivity contribution is 5.87. The lowest BCUT2D eigenvalue weighted by Gasteiger charge is -2.25. The van der Waals surface area contributed by atoms with Gasteiger partial charge in [-0.1, -0.05) is 51.5 Å². The highest BCUT2D eigenvalue weighted by Crippen LogP contribution is 2.29. The molecule has 1 aliphatic carbocycles. The molecule has 0 bridgehead atoms. The molecule has 1 aromatic carbocycles. The van der Waals surface area contributed by atoms with Gasteiger partial charge in [-0.25, -0.2) is 4.79 Å². The molecule has 1 aromatic rings. The van der Waals surface area contributed by atoms with Crippen molar-refractivity contribution >= 4 is 5.97 Å². The molecule has 0 spiro atoms. The van der Waals surface area contributed by atoms with E-state index in [0.717, 1.165) is 18.8 Å². The van der Waals surface area contributed by atoms with Gasteiger partial charge < -0.3 is 5.11 Å². The second-order valence-electron chi connectivity index (χ2n) is 6.10. The Morgan fingerprint density at radius 3 is 2.75 bits per heavy atom. The molecule has 1 atom stereocenters. The summed E-state index contributed by atoms with van der Waals surface area (Å²) in [7, 11) is 0. The summed E-state index contributed by atoms with van der Waals surface area (Å²) in [6.45, 7) is 2.25. The number of hydrogen-bond acceptors (Lipinski definition) is 1. The zero-order valence-corrected chi connectivity index (χ0v) is 12.5. The Morgan fingerprint density at radius 2 is 2.00 bits per heavy atom. The highest BCUT2D eigenvalue weighted by atomic mass is 16.4. The number of carbonyl (C=O) groups is 1. The molecule has 2 heteroatoms. The number of benzene rings is 1. The first-order valence-electron chi connectivity index (χ1n) is 8.05. The first-order chi connectivity index (χ1) is 9.70. The lowest BCUT2D eigenvalue weighted by Crippen LogP contribution is -2.15. The molecule has 0 aromatic heterocycles. The van der Waals surface area contributed by atoms with Crippen LogP contribution in [0.1, 0.15) is 73.4 Å². The predicted molar refractivity (Wildman–Crippen MR) is 82.3 cm³/mol. The fraction of sp³-hybridized carbons (Fsp3) is 0.611.